The first-order chi connectivity index (χ1) is 5.70. The fraction of sp³-hybridized carbons (Fsp3) is 0.364. The molecule has 0 aromatic rings. The van der Waals surface area contributed by atoms with E-state index < -0.39 is 0 Å². The third-order valence-electron chi connectivity index (χ3n) is 1.42. The van der Waals surface area contributed by atoms with Gasteiger partial charge < -0.3 is 5.41 Å². The molecule has 0 radical (unpaired) electrons. The van der Waals surface area contributed by atoms with Crippen molar-refractivity contribution in [3.63, 3.8) is 0 Å². The molecule has 0 heterocycles. The first-order valence-electron chi connectivity index (χ1n) is 4.23. The molecule has 0 aliphatic carbocycles. The van der Waals surface area contributed by atoms with Crippen molar-refractivity contribution in [2.45, 2.75) is 20.8 Å². The van der Waals surface area contributed by atoms with Crippen LogP contribution in [0, 0.1) is 11.3 Å². The van der Waals surface area contributed by atoms with Crippen molar-refractivity contribution in [1.82, 2.24) is 0 Å². The average molecular weight is 163 g/mol. The van der Waals surface area contributed by atoms with Crippen molar-refractivity contribution in [3.8, 4) is 0 Å². The van der Waals surface area contributed by atoms with Gasteiger partial charge in [0.25, 0.3) is 0 Å². The Morgan fingerprint density at radius 1 is 1.08 bits per heavy atom. The molecule has 0 fully saturated rings. The quantitative estimate of drug-likeness (QED) is 0.485. The summed E-state index contributed by atoms with van der Waals surface area (Å²) < 4.78 is 0. The van der Waals surface area contributed by atoms with Crippen molar-refractivity contribution < 1.29 is 0 Å². The molecule has 0 spiro atoms. The van der Waals surface area contributed by atoms with Crippen molar-refractivity contribution in [3.05, 3.63) is 36.5 Å². The van der Waals surface area contributed by atoms with Crippen molar-refractivity contribution in [2.75, 3.05) is 0 Å². The topological polar surface area (TPSA) is 23.9 Å². The molecule has 0 aliphatic rings. The first kappa shape index (κ1) is 10.9. The molecule has 0 bridgehead atoms. The number of rotatable bonds is 4. The summed E-state index contributed by atoms with van der Waals surface area (Å²) in [6.45, 7) is 6.01. The van der Waals surface area contributed by atoms with Gasteiger partial charge in [-0.2, -0.15) is 0 Å². The summed E-state index contributed by atoms with van der Waals surface area (Å²) in [7, 11) is 0. The van der Waals surface area contributed by atoms with Gasteiger partial charge in [-0.05, 0) is 31.9 Å². The lowest BCUT2D eigenvalue weighted by Crippen LogP contribution is -1.87. The summed E-state index contributed by atoms with van der Waals surface area (Å²) >= 11 is 0. The molecule has 1 atom stereocenters. The molecule has 1 nitrogen and oxygen atoms in total. The van der Waals surface area contributed by atoms with Gasteiger partial charge in [-0.25, -0.2) is 0 Å². The number of hydrogen-bond donors (Lipinski definition) is 1. The highest BCUT2D eigenvalue weighted by Gasteiger charge is 1.88. The Balaban J connectivity index is 3.97. The largest absolute Gasteiger partial charge is 0.301 e. The number of hydrogen-bond acceptors (Lipinski definition) is 1. The van der Waals surface area contributed by atoms with Gasteiger partial charge in [-0.3, -0.25) is 0 Å². The van der Waals surface area contributed by atoms with Gasteiger partial charge in [0.05, 0.1) is 5.71 Å². The predicted molar refractivity (Wildman–Crippen MR) is 55.7 cm³/mol. The highest BCUT2D eigenvalue weighted by Crippen LogP contribution is 1.99. The zero-order valence-electron chi connectivity index (χ0n) is 8.04. The molecule has 0 saturated carbocycles. The lowest BCUT2D eigenvalue weighted by molar-refractivity contribution is 0.938. The fourth-order valence-electron chi connectivity index (χ4n) is 0.858. The van der Waals surface area contributed by atoms with Crippen molar-refractivity contribution in [1.29, 1.82) is 5.41 Å². The lowest BCUT2D eigenvalue weighted by Gasteiger charge is -1.95. The van der Waals surface area contributed by atoms with Crippen LogP contribution < -0.4 is 0 Å². The zero-order chi connectivity index (χ0) is 9.40. The Kier molecular flexibility index (Phi) is 5.98. The van der Waals surface area contributed by atoms with Crippen LogP contribution in [-0.4, -0.2) is 5.71 Å². The summed E-state index contributed by atoms with van der Waals surface area (Å²) in [4.78, 5) is 0. The Bertz CT molecular complexity index is 209. The average Bonchev–Trinajstić information content (AvgIpc) is 2.02. The number of allylic oxidation sites excluding steroid dienone is 6. The van der Waals surface area contributed by atoms with E-state index in [0.717, 1.165) is 0 Å². The summed E-state index contributed by atoms with van der Waals surface area (Å²) in [5, 5.41) is 7.42. The molecule has 0 saturated heterocycles. The van der Waals surface area contributed by atoms with Crippen LogP contribution in [-0.2, 0) is 0 Å². The smallest absolute Gasteiger partial charge is 0.0533 e. The van der Waals surface area contributed by atoms with Crippen molar-refractivity contribution in [2.24, 2.45) is 5.92 Å². The normalized spacial score (nSPS) is 14.9. The second-order valence-corrected chi connectivity index (χ2v) is 2.70. The summed E-state index contributed by atoms with van der Waals surface area (Å²) in [6, 6.07) is 0. The molecule has 0 amide bonds. The highest BCUT2D eigenvalue weighted by molar-refractivity contribution is 6.01. The third-order valence-corrected chi connectivity index (χ3v) is 1.42. The van der Waals surface area contributed by atoms with Crippen LogP contribution in [0.1, 0.15) is 20.8 Å². The Morgan fingerprint density at radius 3 is 2.25 bits per heavy atom. The van der Waals surface area contributed by atoms with Gasteiger partial charge in [-0.15, -0.1) is 0 Å². The highest BCUT2D eigenvalue weighted by atomic mass is 14.4. The van der Waals surface area contributed by atoms with Gasteiger partial charge >= 0.3 is 0 Å². The summed E-state index contributed by atoms with van der Waals surface area (Å²) in [5.74, 6) is 0.417. The van der Waals surface area contributed by atoms with Gasteiger partial charge in [0.1, 0.15) is 0 Å². The molecule has 1 heteroatoms. The van der Waals surface area contributed by atoms with E-state index >= 15 is 0 Å². The number of nitrogens with one attached hydrogen (secondary N) is 1. The first-order valence-corrected chi connectivity index (χ1v) is 4.23. The monoisotopic (exact) mass is 163 g/mol. The minimum atomic E-state index is 0.417. The maximum absolute atomic E-state index is 7.42. The Hall–Kier alpha value is -1.11. The van der Waals surface area contributed by atoms with E-state index in [9.17, 15) is 0 Å². The maximum atomic E-state index is 7.42. The SMILES string of the molecule is CC=CC(C)/C=C/C(=N)/C=C\C. The van der Waals surface area contributed by atoms with Crippen LogP contribution in [0.3, 0.4) is 0 Å². The van der Waals surface area contributed by atoms with Gasteiger partial charge in [-0.1, -0.05) is 31.2 Å². The van der Waals surface area contributed by atoms with E-state index in [2.05, 4.69) is 13.0 Å². The second-order valence-electron chi connectivity index (χ2n) is 2.70. The van der Waals surface area contributed by atoms with Gasteiger partial charge in [0, 0.05) is 0 Å². The molecule has 66 valence electrons. The van der Waals surface area contributed by atoms with E-state index in [-0.39, 0.29) is 0 Å². The molecule has 1 unspecified atom stereocenters. The van der Waals surface area contributed by atoms with E-state index in [0.29, 0.717) is 11.6 Å². The van der Waals surface area contributed by atoms with Crippen LogP contribution >= 0.6 is 0 Å². The maximum Gasteiger partial charge on any atom is 0.0533 e. The molecule has 0 rings (SSSR count). The minimum Gasteiger partial charge on any atom is -0.301 e. The molecule has 1 N–H and O–H groups in total. The molecule has 0 aliphatic heterocycles. The predicted octanol–water partition coefficient (Wildman–Crippen LogP) is 3.35. The summed E-state index contributed by atoms with van der Waals surface area (Å²) in [5.41, 5.74) is 0.550. The standard InChI is InChI=1S/C11H17N/c1-4-6-10(3)8-9-11(12)7-5-2/h4-10,12H,1-3H3/b6-4?,7-5-,9-8+,12-11?. The zero-order valence-corrected chi connectivity index (χ0v) is 8.04. The molecule has 12 heavy (non-hydrogen) atoms. The fourth-order valence-corrected chi connectivity index (χ4v) is 0.858. The minimum absolute atomic E-state index is 0.417. The van der Waals surface area contributed by atoms with Gasteiger partial charge in [0.2, 0.25) is 0 Å². The van der Waals surface area contributed by atoms with Crippen LogP contribution in [0.5, 0.6) is 0 Å². The lowest BCUT2D eigenvalue weighted by atomic mass is 10.1. The molecule has 0 aromatic carbocycles. The third kappa shape index (κ3) is 5.66. The summed E-state index contributed by atoms with van der Waals surface area (Å²) in [6.07, 6.45) is 11.6. The second kappa shape index (κ2) is 6.59. The molecule has 0 aromatic heterocycles. The van der Waals surface area contributed by atoms with Crippen molar-refractivity contribution >= 4 is 5.71 Å². The Morgan fingerprint density at radius 2 is 1.75 bits per heavy atom. The molecular formula is C11H17N. The van der Waals surface area contributed by atoms with E-state index in [1.807, 2.05) is 38.2 Å². The van der Waals surface area contributed by atoms with E-state index in [4.69, 9.17) is 5.41 Å². The van der Waals surface area contributed by atoms with Crippen LogP contribution in [0.4, 0.5) is 0 Å². The van der Waals surface area contributed by atoms with E-state index in [1.54, 1.807) is 6.08 Å². The molecular weight excluding hydrogens is 146 g/mol. The Labute approximate surface area is 75.0 Å². The van der Waals surface area contributed by atoms with Crippen LogP contribution in [0.2, 0.25) is 0 Å². The van der Waals surface area contributed by atoms with Gasteiger partial charge in [0.15, 0.2) is 0 Å². The van der Waals surface area contributed by atoms with E-state index in [1.165, 1.54) is 0 Å². The van der Waals surface area contributed by atoms with Crippen LogP contribution in [0.15, 0.2) is 36.5 Å². The van der Waals surface area contributed by atoms with Crippen LogP contribution in [0.25, 0.3) is 0 Å².